The summed E-state index contributed by atoms with van der Waals surface area (Å²) >= 11 is 0. The minimum Gasteiger partial charge on any atom is -0.497 e. The molecule has 3 heterocycles. The van der Waals surface area contributed by atoms with Crippen molar-refractivity contribution in [1.29, 1.82) is 0 Å². The first-order chi connectivity index (χ1) is 14.5. The molecule has 0 saturated carbocycles. The van der Waals surface area contributed by atoms with Crippen LogP contribution in [0.2, 0.25) is 0 Å². The largest absolute Gasteiger partial charge is 0.497 e. The molecule has 158 valence electrons. The van der Waals surface area contributed by atoms with Gasteiger partial charge in [-0.1, -0.05) is 11.2 Å². The highest BCUT2D eigenvalue weighted by Gasteiger charge is 2.31. The molecule has 1 atom stereocenters. The van der Waals surface area contributed by atoms with E-state index in [1.165, 1.54) is 0 Å². The van der Waals surface area contributed by atoms with Crippen molar-refractivity contribution in [2.24, 2.45) is 0 Å². The predicted octanol–water partition coefficient (Wildman–Crippen LogP) is 4.41. The third-order valence-electron chi connectivity index (χ3n) is 5.89. The molecule has 4 rings (SSSR count). The summed E-state index contributed by atoms with van der Waals surface area (Å²) in [5.74, 6) is 3.15. The molecule has 1 saturated heterocycles. The van der Waals surface area contributed by atoms with Crippen LogP contribution in [0.25, 0.3) is 11.3 Å². The highest BCUT2D eigenvalue weighted by Crippen LogP contribution is 2.39. The maximum atomic E-state index is 5.65. The van der Waals surface area contributed by atoms with Crippen LogP contribution in [0.3, 0.4) is 0 Å². The molecule has 0 radical (unpaired) electrons. The molecule has 1 aliphatic rings. The Morgan fingerprint density at radius 1 is 1.17 bits per heavy atom. The molecule has 30 heavy (non-hydrogen) atoms. The van der Waals surface area contributed by atoms with Gasteiger partial charge < -0.3 is 14.0 Å². The topological polar surface area (TPSA) is 73.5 Å². The van der Waals surface area contributed by atoms with Crippen LogP contribution < -0.4 is 9.47 Å². The van der Waals surface area contributed by atoms with Gasteiger partial charge >= 0.3 is 0 Å². The van der Waals surface area contributed by atoms with E-state index in [2.05, 4.69) is 21.1 Å². The van der Waals surface area contributed by atoms with Crippen molar-refractivity contribution in [3.8, 4) is 22.8 Å². The van der Waals surface area contributed by atoms with E-state index in [9.17, 15) is 0 Å². The maximum Gasteiger partial charge on any atom is 0.173 e. The molecule has 0 amide bonds. The summed E-state index contributed by atoms with van der Waals surface area (Å²) < 4.78 is 16.6. The van der Waals surface area contributed by atoms with Crippen molar-refractivity contribution in [3.05, 3.63) is 52.7 Å². The van der Waals surface area contributed by atoms with Gasteiger partial charge in [-0.3, -0.25) is 4.90 Å². The summed E-state index contributed by atoms with van der Waals surface area (Å²) in [7, 11) is 3.36. The first-order valence-electron chi connectivity index (χ1n) is 10.2. The summed E-state index contributed by atoms with van der Waals surface area (Å²) in [6.45, 7) is 7.68. The molecular formula is C23H28N4O3. The van der Waals surface area contributed by atoms with Crippen molar-refractivity contribution in [3.63, 3.8) is 0 Å². The fraction of sp³-hybridized carbons (Fsp3) is 0.435. The maximum absolute atomic E-state index is 5.65. The molecule has 2 aromatic heterocycles. The summed E-state index contributed by atoms with van der Waals surface area (Å²) in [6.07, 6.45) is 4.02. The average molecular weight is 409 g/mol. The van der Waals surface area contributed by atoms with Gasteiger partial charge in [-0.2, -0.15) is 0 Å². The molecule has 7 nitrogen and oxygen atoms in total. The highest BCUT2D eigenvalue weighted by atomic mass is 16.5. The first-order valence-corrected chi connectivity index (χ1v) is 10.2. The Kier molecular flexibility index (Phi) is 5.72. The number of aryl methyl sites for hydroxylation is 2. The molecule has 0 bridgehead atoms. The van der Waals surface area contributed by atoms with Crippen LogP contribution in [-0.4, -0.2) is 40.8 Å². The van der Waals surface area contributed by atoms with Gasteiger partial charge in [0.05, 0.1) is 37.2 Å². The molecule has 7 heteroatoms. The Morgan fingerprint density at radius 3 is 2.70 bits per heavy atom. The van der Waals surface area contributed by atoms with Gasteiger partial charge in [-0.25, -0.2) is 9.97 Å². The standard InChI is InChI=1S/C23H28N4O3/c1-14-15(2)26-30-23(14)19-12-24-16(3)25-22(19)20-7-6-10-27(20)13-17-8-9-18(28-4)11-21(17)29-5/h8-9,11-12,20H,6-7,10,13H2,1-5H3. The van der Waals surface area contributed by atoms with E-state index in [-0.39, 0.29) is 6.04 Å². The van der Waals surface area contributed by atoms with E-state index in [1.54, 1.807) is 14.2 Å². The zero-order chi connectivity index (χ0) is 21.3. The summed E-state index contributed by atoms with van der Waals surface area (Å²) in [5, 5.41) is 4.14. The Labute approximate surface area is 177 Å². The van der Waals surface area contributed by atoms with Crippen LogP contribution in [0.5, 0.6) is 11.5 Å². The van der Waals surface area contributed by atoms with E-state index >= 15 is 0 Å². The SMILES string of the molecule is COc1ccc(CN2CCCC2c2nc(C)ncc2-c2onc(C)c2C)c(OC)c1. The lowest BCUT2D eigenvalue weighted by Crippen LogP contribution is -2.24. The van der Waals surface area contributed by atoms with Gasteiger partial charge in [0.25, 0.3) is 0 Å². The second kappa shape index (κ2) is 8.44. The molecule has 3 aromatic rings. The molecule has 1 unspecified atom stereocenters. The third-order valence-corrected chi connectivity index (χ3v) is 5.89. The van der Waals surface area contributed by atoms with Crippen molar-refractivity contribution in [2.45, 2.75) is 46.2 Å². The van der Waals surface area contributed by atoms with Gasteiger partial charge in [-0.05, 0) is 46.2 Å². The Bertz CT molecular complexity index is 1050. The second-order valence-electron chi connectivity index (χ2n) is 7.74. The van der Waals surface area contributed by atoms with Gasteiger partial charge in [0.15, 0.2) is 5.76 Å². The zero-order valence-electron chi connectivity index (χ0n) is 18.2. The van der Waals surface area contributed by atoms with E-state index in [0.717, 1.165) is 77.1 Å². The van der Waals surface area contributed by atoms with Gasteiger partial charge in [-0.15, -0.1) is 0 Å². The normalized spacial score (nSPS) is 16.8. The van der Waals surface area contributed by atoms with Crippen LogP contribution in [0, 0.1) is 20.8 Å². The lowest BCUT2D eigenvalue weighted by Gasteiger charge is -2.26. The van der Waals surface area contributed by atoms with Crippen LogP contribution in [0.1, 0.15) is 47.2 Å². The number of nitrogens with zero attached hydrogens (tertiary/aromatic N) is 4. The smallest absolute Gasteiger partial charge is 0.173 e. The number of aromatic nitrogens is 3. The molecule has 0 N–H and O–H groups in total. The van der Waals surface area contributed by atoms with Crippen molar-refractivity contribution < 1.29 is 14.0 Å². The van der Waals surface area contributed by atoms with Gasteiger partial charge in [0.2, 0.25) is 0 Å². The number of hydrogen-bond acceptors (Lipinski definition) is 7. The zero-order valence-corrected chi connectivity index (χ0v) is 18.2. The number of benzene rings is 1. The van der Waals surface area contributed by atoms with Gasteiger partial charge in [0, 0.05) is 29.9 Å². The highest BCUT2D eigenvalue weighted by molar-refractivity contribution is 5.64. The second-order valence-corrected chi connectivity index (χ2v) is 7.74. The lowest BCUT2D eigenvalue weighted by molar-refractivity contribution is 0.240. The summed E-state index contributed by atoms with van der Waals surface area (Å²) in [5.41, 5.74) is 4.99. The summed E-state index contributed by atoms with van der Waals surface area (Å²) in [4.78, 5) is 11.7. The van der Waals surface area contributed by atoms with E-state index in [0.29, 0.717) is 0 Å². The Morgan fingerprint density at radius 2 is 2.00 bits per heavy atom. The van der Waals surface area contributed by atoms with Crippen LogP contribution in [0.4, 0.5) is 0 Å². The predicted molar refractivity (Wildman–Crippen MR) is 114 cm³/mol. The minimum atomic E-state index is 0.179. The molecule has 0 aliphatic carbocycles. The monoisotopic (exact) mass is 408 g/mol. The van der Waals surface area contributed by atoms with E-state index in [4.69, 9.17) is 19.0 Å². The summed E-state index contributed by atoms with van der Waals surface area (Å²) in [6, 6.07) is 6.16. The number of methoxy groups -OCH3 is 2. The van der Waals surface area contributed by atoms with Crippen molar-refractivity contribution in [1.82, 2.24) is 20.0 Å². The fourth-order valence-electron chi connectivity index (χ4n) is 4.11. The third kappa shape index (κ3) is 3.77. The number of ether oxygens (including phenoxy) is 2. The van der Waals surface area contributed by atoms with Crippen LogP contribution >= 0.6 is 0 Å². The van der Waals surface area contributed by atoms with Crippen molar-refractivity contribution in [2.75, 3.05) is 20.8 Å². The Balaban J connectivity index is 1.69. The molecule has 1 aromatic carbocycles. The minimum absolute atomic E-state index is 0.179. The molecule has 0 spiro atoms. The number of hydrogen-bond donors (Lipinski definition) is 0. The average Bonchev–Trinajstić information content (AvgIpc) is 3.35. The van der Waals surface area contributed by atoms with Crippen LogP contribution in [-0.2, 0) is 6.54 Å². The van der Waals surface area contributed by atoms with E-state index in [1.807, 2.05) is 39.1 Å². The molecule has 1 aliphatic heterocycles. The number of likely N-dealkylation sites (tertiary alicyclic amines) is 1. The van der Waals surface area contributed by atoms with Crippen LogP contribution in [0.15, 0.2) is 28.9 Å². The molecule has 1 fully saturated rings. The molecular weight excluding hydrogens is 380 g/mol. The van der Waals surface area contributed by atoms with Gasteiger partial charge in [0.1, 0.15) is 17.3 Å². The number of rotatable bonds is 6. The fourth-order valence-corrected chi connectivity index (χ4v) is 4.11. The van der Waals surface area contributed by atoms with Crippen molar-refractivity contribution >= 4 is 0 Å². The first kappa shape index (κ1) is 20.3. The quantitative estimate of drug-likeness (QED) is 0.598. The van der Waals surface area contributed by atoms with E-state index < -0.39 is 0 Å². The lowest BCUT2D eigenvalue weighted by atomic mass is 10.0. The Hall–Kier alpha value is -2.93.